The van der Waals surface area contributed by atoms with E-state index >= 15 is 0 Å². The van der Waals surface area contributed by atoms with Crippen molar-refractivity contribution in [3.63, 3.8) is 0 Å². The molecular formula is C16H32N2O. The Morgan fingerprint density at radius 1 is 1.21 bits per heavy atom. The molecule has 0 radical (unpaired) electrons. The third-order valence-corrected chi connectivity index (χ3v) is 5.40. The molecule has 2 aliphatic rings. The average molecular weight is 268 g/mol. The molecule has 0 bridgehead atoms. The van der Waals surface area contributed by atoms with Crippen LogP contribution in [0.5, 0.6) is 0 Å². The van der Waals surface area contributed by atoms with Gasteiger partial charge in [0, 0.05) is 25.7 Å². The minimum Gasteiger partial charge on any atom is -0.395 e. The zero-order chi connectivity index (χ0) is 13.7. The zero-order valence-corrected chi connectivity index (χ0v) is 12.8. The van der Waals surface area contributed by atoms with Crippen LogP contribution in [0.2, 0.25) is 0 Å². The molecule has 2 saturated carbocycles. The van der Waals surface area contributed by atoms with Gasteiger partial charge in [0.15, 0.2) is 0 Å². The van der Waals surface area contributed by atoms with E-state index in [0.29, 0.717) is 12.0 Å². The molecule has 3 heteroatoms. The normalized spacial score (nSPS) is 32.5. The third kappa shape index (κ3) is 3.93. The van der Waals surface area contributed by atoms with Gasteiger partial charge in [0.05, 0.1) is 6.61 Å². The van der Waals surface area contributed by atoms with Gasteiger partial charge in [-0.15, -0.1) is 0 Å². The van der Waals surface area contributed by atoms with E-state index in [9.17, 15) is 5.11 Å². The molecule has 0 heterocycles. The van der Waals surface area contributed by atoms with Crippen molar-refractivity contribution in [3.8, 4) is 0 Å². The van der Waals surface area contributed by atoms with Crippen LogP contribution in [0.3, 0.4) is 0 Å². The maximum Gasteiger partial charge on any atom is 0.0558 e. The summed E-state index contributed by atoms with van der Waals surface area (Å²) in [6.45, 7) is 5.88. The first-order valence-corrected chi connectivity index (χ1v) is 8.18. The fourth-order valence-electron chi connectivity index (χ4n) is 3.84. The quantitative estimate of drug-likeness (QED) is 0.743. The van der Waals surface area contributed by atoms with E-state index in [0.717, 1.165) is 25.0 Å². The van der Waals surface area contributed by atoms with E-state index in [-0.39, 0.29) is 0 Å². The highest BCUT2D eigenvalue weighted by Crippen LogP contribution is 2.40. The van der Waals surface area contributed by atoms with Crippen molar-refractivity contribution in [2.45, 2.75) is 57.9 Å². The number of hydrogen-bond donors (Lipinski definition) is 2. The Balaban J connectivity index is 1.96. The summed E-state index contributed by atoms with van der Waals surface area (Å²) in [5.41, 5.74) is 0.450. The smallest absolute Gasteiger partial charge is 0.0558 e. The predicted octanol–water partition coefficient (Wildman–Crippen LogP) is 2.25. The van der Waals surface area contributed by atoms with Crippen molar-refractivity contribution in [3.05, 3.63) is 0 Å². The summed E-state index contributed by atoms with van der Waals surface area (Å²) in [6, 6.07) is 0.750. The van der Waals surface area contributed by atoms with Gasteiger partial charge in [0.25, 0.3) is 0 Å². The lowest BCUT2D eigenvalue weighted by molar-refractivity contribution is 0.0290. The molecule has 2 N–H and O–H groups in total. The molecule has 0 spiro atoms. The number of hydrogen-bond acceptors (Lipinski definition) is 3. The van der Waals surface area contributed by atoms with Gasteiger partial charge in [-0.05, 0) is 44.1 Å². The van der Waals surface area contributed by atoms with Gasteiger partial charge in [0.2, 0.25) is 0 Å². The van der Waals surface area contributed by atoms with Gasteiger partial charge < -0.3 is 10.4 Å². The second-order valence-electron chi connectivity index (χ2n) is 6.99. The molecule has 0 aliphatic heterocycles. The molecular weight excluding hydrogens is 236 g/mol. The molecule has 0 saturated heterocycles. The van der Waals surface area contributed by atoms with Crippen molar-refractivity contribution < 1.29 is 5.11 Å². The van der Waals surface area contributed by atoms with Crippen LogP contribution in [-0.2, 0) is 0 Å². The van der Waals surface area contributed by atoms with Gasteiger partial charge in [-0.3, -0.25) is 4.90 Å². The average Bonchev–Trinajstić information content (AvgIpc) is 2.32. The molecule has 0 unspecified atom stereocenters. The maximum atomic E-state index is 9.33. The molecule has 2 fully saturated rings. The summed E-state index contributed by atoms with van der Waals surface area (Å²) in [5, 5.41) is 12.8. The van der Waals surface area contributed by atoms with E-state index in [1.807, 2.05) is 0 Å². The van der Waals surface area contributed by atoms with Crippen LogP contribution >= 0.6 is 0 Å². The lowest BCUT2D eigenvalue weighted by atomic mass is 9.70. The molecule has 0 atom stereocenters. The number of aliphatic hydroxyl groups excluding tert-OH is 1. The molecule has 2 rings (SSSR count). The minimum absolute atomic E-state index is 0.308. The van der Waals surface area contributed by atoms with Crippen LogP contribution < -0.4 is 5.32 Å². The van der Waals surface area contributed by atoms with E-state index in [4.69, 9.17) is 0 Å². The van der Waals surface area contributed by atoms with Gasteiger partial charge >= 0.3 is 0 Å². The lowest BCUT2D eigenvalue weighted by Gasteiger charge is -2.47. The maximum absolute atomic E-state index is 9.33. The number of nitrogens with one attached hydrogen (secondary N) is 1. The molecule has 0 aromatic rings. The molecule has 0 amide bonds. The van der Waals surface area contributed by atoms with Crippen LogP contribution in [0.15, 0.2) is 0 Å². The largest absolute Gasteiger partial charge is 0.395 e. The number of aliphatic hydroxyl groups is 1. The summed E-state index contributed by atoms with van der Waals surface area (Å²) in [7, 11) is 2.08. The predicted molar refractivity (Wildman–Crippen MR) is 80.3 cm³/mol. The van der Waals surface area contributed by atoms with Crippen LogP contribution in [0.4, 0.5) is 0 Å². The number of rotatable bonds is 7. The monoisotopic (exact) mass is 268 g/mol. The van der Waals surface area contributed by atoms with Crippen molar-refractivity contribution in [2.24, 2.45) is 11.3 Å². The first kappa shape index (κ1) is 15.3. The Morgan fingerprint density at radius 3 is 2.37 bits per heavy atom. The topological polar surface area (TPSA) is 35.5 Å². The van der Waals surface area contributed by atoms with E-state index in [1.54, 1.807) is 0 Å². The van der Waals surface area contributed by atoms with E-state index in [2.05, 4.69) is 24.2 Å². The highest BCUT2D eigenvalue weighted by molar-refractivity contribution is 4.92. The molecule has 0 aromatic carbocycles. The third-order valence-electron chi connectivity index (χ3n) is 5.40. The molecule has 112 valence electrons. The summed E-state index contributed by atoms with van der Waals surface area (Å²) in [6.07, 6.45) is 9.51. The summed E-state index contributed by atoms with van der Waals surface area (Å²) >= 11 is 0. The van der Waals surface area contributed by atoms with Gasteiger partial charge in [-0.25, -0.2) is 0 Å². The standard InChI is InChI=1S/C16H32N2O/c1-14-6-8-16(9-7-14,12-17-2)13-18(10-11-19)15-4-3-5-15/h14-15,17,19H,3-13H2,1-2H3. The van der Waals surface area contributed by atoms with E-state index in [1.165, 1.54) is 51.5 Å². The molecule has 0 aromatic heterocycles. The van der Waals surface area contributed by atoms with Crippen molar-refractivity contribution in [2.75, 3.05) is 33.3 Å². The zero-order valence-electron chi connectivity index (χ0n) is 12.8. The van der Waals surface area contributed by atoms with E-state index < -0.39 is 0 Å². The molecule has 3 nitrogen and oxygen atoms in total. The Morgan fingerprint density at radius 2 is 1.89 bits per heavy atom. The molecule has 19 heavy (non-hydrogen) atoms. The Bertz CT molecular complexity index is 257. The fourth-order valence-corrected chi connectivity index (χ4v) is 3.84. The highest BCUT2D eigenvalue weighted by Gasteiger charge is 2.37. The second kappa shape index (κ2) is 7.05. The molecule has 2 aliphatic carbocycles. The van der Waals surface area contributed by atoms with Crippen LogP contribution in [0, 0.1) is 11.3 Å². The van der Waals surface area contributed by atoms with Crippen molar-refractivity contribution in [1.29, 1.82) is 0 Å². The first-order chi connectivity index (χ1) is 9.19. The first-order valence-electron chi connectivity index (χ1n) is 8.18. The van der Waals surface area contributed by atoms with Gasteiger partial charge in [-0.1, -0.05) is 26.2 Å². The second-order valence-corrected chi connectivity index (χ2v) is 6.99. The Hall–Kier alpha value is -0.120. The SMILES string of the molecule is CNCC1(CN(CCO)C2CCC2)CCC(C)CC1. The summed E-state index contributed by atoms with van der Waals surface area (Å²) < 4.78 is 0. The van der Waals surface area contributed by atoms with Crippen molar-refractivity contribution >= 4 is 0 Å². The highest BCUT2D eigenvalue weighted by atomic mass is 16.3. The van der Waals surface area contributed by atoms with Gasteiger partial charge in [0.1, 0.15) is 0 Å². The Labute approximate surface area is 118 Å². The lowest BCUT2D eigenvalue weighted by Crippen LogP contribution is -2.51. The van der Waals surface area contributed by atoms with Crippen LogP contribution in [-0.4, -0.2) is 49.3 Å². The fraction of sp³-hybridized carbons (Fsp3) is 1.00. The van der Waals surface area contributed by atoms with Crippen LogP contribution in [0.1, 0.15) is 51.9 Å². The minimum atomic E-state index is 0.308. The van der Waals surface area contributed by atoms with Crippen LogP contribution in [0.25, 0.3) is 0 Å². The van der Waals surface area contributed by atoms with Crippen molar-refractivity contribution in [1.82, 2.24) is 10.2 Å². The summed E-state index contributed by atoms with van der Waals surface area (Å²) in [4.78, 5) is 2.58. The summed E-state index contributed by atoms with van der Waals surface area (Å²) in [5.74, 6) is 0.903. The Kier molecular flexibility index (Phi) is 5.67. The number of nitrogens with zero attached hydrogens (tertiary/aromatic N) is 1. The van der Waals surface area contributed by atoms with Gasteiger partial charge in [-0.2, -0.15) is 0 Å².